The number of hydrogen-bond acceptors (Lipinski definition) is 4. The number of ether oxygens (including phenoxy) is 1. The second-order valence-corrected chi connectivity index (χ2v) is 8.61. The summed E-state index contributed by atoms with van der Waals surface area (Å²) in [6, 6.07) is 23.5. The minimum atomic E-state index is -0.713. The predicted molar refractivity (Wildman–Crippen MR) is 133 cm³/mol. The molecule has 3 aromatic carbocycles. The van der Waals surface area contributed by atoms with E-state index in [1.165, 1.54) is 0 Å². The van der Waals surface area contributed by atoms with Crippen LogP contribution in [0.3, 0.4) is 0 Å². The summed E-state index contributed by atoms with van der Waals surface area (Å²) >= 11 is 3.51. The minimum absolute atomic E-state index is 0.108. The topological polar surface area (TPSA) is 79.8 Å². The molecule has 0 bridgehead atoms. The average Bonchev–Trinajstić information content (AvgIpc) is 2.82. The highest BCUT2D eigenvalue weighted by atomic mass is 79.9. The van der Waals surface area contributed by atoms with Gasteiger partial charge in [0.15, 0.2) is 0 Å². The van der Waals surface area contributed by atoms with Crippen molar-refractivity contribution in [2.24, 2.45) is 11.0 Å². The third-order valence-electron chi connectivity index (χ3n) is 4.85. The van der Waals surface area contributed by atoms with Crippen molar-refractivity contribution < 1.29 is 14.3 Å². The molecular weight excluding hydrogens is 482 g/mol. The largest absolute Gasteiger partial charge is 0.488 e. The summed E-state index contributed by atoms with van der Waals surface area (Å²) in [5.74, 6) is -0.0811. The van der Waals surface area contributed by atoms with E-state index in [1.54, 1.807) is 30.5 Å². The highest BCUT2D eigenvalue weighted by molar-refractivity contribution is 9.10. The summed E-state index contributed by atoms with van der Waals surface area (Å²) in [7, 11) is 0. The quantitative estimate of drug-likeness (QED) is 0.318. The van der Waals surface area contributed by atoms with Crippen molar-refractivity contribution in [1.29, 1.82) is 0 Å². The van der Waals surface area contributed by atoms with Gasteiger partial charge in [-0.25, -0.2) is 5.43 Å². The van der Waals surface area contributed by atoms with Gasteiger partial charge in [-0.1, -0.05) is 62.4 Å². The zero-order chi connectivity index (χ0) is 23.6. The maximum absolute atomic E-state index is 12.6. The molecule has 7 heteroatoms. The van der Waals surface area contributed by atoms with Gasteiger partial charge in [-0.3, -0.25) is 9.59 Å². The average molecular weight is 508 g/mol. The number of amides is 2. The number of nitrogens with one attached hydrogen (secondary N) is 2. The SMILES string of the molecule is CC(C)C(NC(=O)c1ccccc1)C(=O)NN=Cc1ccc(OCc2ccccc2)c(Br)c1. The van der Waals surface area contributed by atoms with Crippen LogP contribution >= 0.6 is 15.9 Å². The molecule has 0 saturated carbocycles. The van der Waals surface area contributed by atoms with Gasteiger partial charge >= 0.3 is 0 Å². The molecule has 33 heavy (non-hydrogen) atoms. The Balaban J connectivity index is 1.56. The maximum Gasteiger partial charge on any atom is 0.262 e. The molecule has 2 N–H and O–H groups in total. The fourth-order valence-electron chi connectivity index (χ4n) is 3.04. The second-order valence-electron chi connectivity index (χ2n) is 7.76. The van der Waals surface area contributed by atoms with Gasteiger partial charge in [0.1, 0.15) is 18.4 Å². The van der Waals surface area contributed by atoms with E-state index in [1.807, 2.05) is 68.4 Å². The van der Waals surface area contributed by atoms with Crippen LogP contribution in [0.4, 0.5) is 0 Å². The molecular formula is C26H26BrN3O3. The number of carbonyl (C=O) groups is 2. The van der Waals surface area contributed by atoms with Crippen molar-refractivity contribution in [2.75, 3.05) is 0 Å². The fourth-order valence-corrected chi connectivity index (χ4v) is 3.55. The van der Waals surface area contributed by atoms with E-state index in [-0.39, 0.29) is 17.7 Å². The van der Waals surface area contributed by atoms with Crippen LogP contribution in [0.5, 0.6) is 5.75 Å². The predicted octanol–water partition coefficient (Wildman–Crippen LogP) is 4.93. The highest BCUT2D eigenvalue weighted by Gasteiger charge is 2.24. The lowest BCUT2D eigenvalue weighted by atomic mass is 10.0. The van der Waals surface area contributed by atoms with Crippen molar-refractivity contribution >= 4 is 34.0 Å². The van der Waals surface area contributed by atoms with Crippen molar-refractivity contribution in [1.82, 2.24) is 10.7 Å². The molecule has 3 aromatic rings. The van der Waals surface area contributed by atoms with E-state index in [0.29, 0.717) is 17.9 Å². The van der Waals surface area contributed by atoms with Crippen LogP contribution in [0, 0.1) is 5.92 Å². The van der Waals surface area contributed by atoms with Crippen molar-refractivity contribution in [2.45, 2.75) is 26.5 Å². The molecule has 1 unspecified atom stereocenters. The van der Waals surface area contributed by atoms with E-state index in [9.17, 15) is 9.59 Å². The molecule has 0 aromatic heterocycles. The van der Waals surface area contributed by atoms with Crippen LogP contribution in [-0.4, -0.2) is 24.1 Å². The number of benzene rings is 3. The summed E-state index contributed by atoms with van der Waals surface area (Å²) in [4.78, 5) is 25.0. The Morgan fingerprint density at radius 1 is 1.00 bits per heavy atom. The Morgan fingerprint density at radius 3 is 2.30 bits per heavy atom. The van der Waals surface area contributed by atoms with Crippen LogP contribution < -0.4 is 15.5 Å². The first-order valence-corrected chi connectivity index (χ1v) is 11.4. The summed E-state index contributed by atoms with van der Waals surface area (Å²) in [5.41, 5.74) is 4.88. The summed E-state index contributed by atoms with van der Waals surface area (Å²) in [6.45, 7) is 4.20. The van der Waals surface area contributed by atoms with Gasteiger partial charge in [-0.2, -0.15) is 5.10 Å². The van der Waals surface area contributed by atoms with Crippen LogP contribution in [0.15, 0.2) is 88.4 Å². The van der Waals surface area contributed by atoms with Gasteiger partial charge < -0.3 is 10.1 Å². The van der Waals surface area contributed by atoms with Gasteiger partial charge in [0.2, 0.25) is 0 Å². The normalized spacial score (nSPS) is 11.9. The summed E-state index contributed by atoms with van der Waals surface area (Å²) in [5, 5.41) is 6.83. The molecule has 0 heterocycles. The van der Waals surface area contributed by atoms with E-state index in [4.69, 9.17) is 4.74 Å². The minimum Gasteiger partial charge on any atom is -0.488 e. The first-order chi connectivity index (χ1) is 15.9. The number of hydrogen-bond donors (Lipinski definition) is 2. The first-order valence-electron chi connectivity index (χ1n) is 10.6. The maximum atomic E-state index is 12.6. The van der Waals surface area contributed by atoms with Gasteiger partial charge in [0.25, 0.3) is 11.8 Å². The van der Waals surface area contributed by atoms with Gasteiger partial charge in [0, 0.05) is 5.56 Å². The second kappa shape index (κ2) is 12.0. The number of carbonyl (C=O) groups excluding carboxylic acids is 2. The molecule has 0 radical (unpaired) electrons. The summed E-state index contributed by atoms with van der Waals surface area (Å²) in [6.07, 6.45) is 1.54. The number of halogens is 1. The van der Waals surface area contributed by atoms with Crippen LogP contribution in [0.1, 0.15) is 35.3 Å². The van der Waals surface area contributed by atoms with Crippen molar-refractivity contribution in [3.05, 3.63) is 100 Å². The molecule has 2 amide bonds. The fraction of sp³-hybridized carbons (Fsp3) is 0.192. The van der Waals surface area contributed by atoms with E-state index < -0.39 is 6.04 Å². The Bertz CT molecular complexity index is 1100. The molecule has 0 fully saturated rings. The molecule has 0 saturated heterocycles. The number of hydrazone groups is 1. The van der Waals surface area contributed by atoms with Crippen molar-refractivity contribution in [3.8, 4) is 5.75 Å². The smallest absolute Gasteiger partial charge is 0.262 e. The lowest BCUT2D eigenvalue weighted by Gasteiger charge is -2.20. The van der Waals surface area contributed by atoms with Crippen LogP contribution in [0.2, 0.25) is 0 Å². The highest BCUT2D eigenvalue weighted by Crippen LogP contribution is 2.26. The Morgan fingerprint density at radius 2 is 1.67 bits per heavy atom. The third-order valence-corrected chi connectivity index (χ3v) is 5.47. The summed E-state index contributed by atoms with van der Waals surface area (Å²) < 4.78 is 6.63. The van der Waals surface area contributed by atoms with Gasteiger partial charge in [-0.15, -0.1) is 0 Å². The van der Waals surface area contributed by atoms with Crippen molar-refractivity contribution in [3.63, 3.8) is 0 Å². The van der Waals surface area contributed by atoms with Gasteiger partial charge in [0.05, 0.1) is 10.7 Å². The zero-order valence-corrected chi connectivity index (χ0v) is 20.1. The number of rotatable bonds is 9. The zero-order valence-electron chi connectivity index (χ0n) is 18.5. The lowest BCUT2D eigenvalue weighted by molar-refractivity contribution is -0.123. The Labute approximate surface area is 202 Å². The molecule has 0 spiro atoms. The lowest BCUT2D eigenvalue weighted by Crippen LogP contribution is -2.48. The molecule has 3 rings (SSSR count). The molecule has 1 atom stereocenters. The van der Waals surface area contributed by atoms with E-state index >= 15 is 0 Å². The molecule has 0 aliphatic heterocycles. The Hall–Kier alpha value is -3.45. The number of nitrogens with zero attached hydrogens (tertiary/aromatic N) is 1. The van der Waals surface area contributed by atoms with E-state index in [2.05, 4.69) is 31.8 Å². The monoisotopic (exact) mass is 507 g/mol. The van der Waals surface area contributed by atoms with Gasteiger partial charge in [-0.05, 0) is 63.3 Å². The van der Waals surface area contributed by atoms with Crippen LogP contribution in [0.25, 0.3) is 0 Å². The standard InChI is InChI=1S/C26H26BrN3O3/c1-18(2)24(29-25(31)21-11-7-4-8-12-21)26(32)30-28-16-20-13-14-23(22(27)15-20)33-17-19-9-5-3-6-10-19/h3-16,18,24H,17H2,1-2H3,(H,29,31)(H,30,32). The van der Waals surface area contributed by atoms with Crippen LogP contribution in [-0.2, 0) is 11.4 Å². The molecule has 0 aliphatic carbocycles. The molecule has 170 valence electrons. The van der Waals surface area contributed by atoms with E-state index in [0.717, 1.165) is 15.6 Å². The molecule has 0 aliphatic rings. The third kappa shape index (κ3) is 7.29. The first kappa shape index (κ1) is 24.2. The molecule has 6 nitrogen and oxygen atoms in total. The Kier molecular flexibility index (Phi) is 8.78.